The van der Waals surface area contributed by atoms with E-state index in [1.807, 2.05) is 23.1 Å². The zero-order chi connectivity index (χ0) is 21.1. The lowest BCUT2D eigenvalue weighted by Crippen LogP contribution is -2.37. The van der Waals surface area contributed by atoms with Crippen molar-refractivity contribution >= 4 is 21.1 Å². The molecule has 3 rings (SSSR count). The smallest absolute Gasteiger partial charge is 0.390 e. The Morgan fingerprint density at radius 2 is 2.00 bits per heavy atom. The molecule has 1 aromatic heterocycles. The predicted octanol–water partition coefficient (Wildman–Crippen LogP) is 3.34. The van der Waals surface area contributed by atoms with E-state index in [1.165, 1.54) is 6.26 Å². The van der Waals surface area contributed by atoms with Crippen LogP contribution in [0.15, 0.2) is 24.4 Å². The molecule has 29 heavy (non-hydrogen) atoms. The quantitative estimate of drug-likeness (QED) is 0.597. The van der Waals surface area contributed by atoms with Crippen LogP contribution in [0.3, 0.4) is 0 Å². The van der Waals surface area contributed by atoms with Gasteiger partial charge in [0, 0.05) is 22.1 Å². The lowest BCUT2D eigenvalue weighted by molar-refractivity contribution is -0.138. The maximum absolute atomic E-state index is 12.3. The molecule has 0 radical (unpaired) electrons. The molecule has 10 heteroatoms. The molecular weight excluding hydrogens is 407 g/mol. The minimum Gasteiger partial charge on any atom is -0.615 e. The first-order valence-electron chi connectivity index (χ1n) is 9.64. The summed E-state index contributed by atoms with van der Waals surface area (Å²) in [6.07, 6.45) is -0.328. The van der Waals surface area contributed by atoms with Crippen LogP contribution in [0.2, 0.25) is 0 Å². The first kappa shape index (κ1) is 22.0. The molecule has 1 aromatic carbocycles. The summed E-state index contributed by atoms with van der Waals surface area (Å²) in [5, 5.41) is 5.12. The Morgan fingerprint density at radius 3 is 2.66 bits per heavy atom. The maximum Gasteiger partial charge on any atom is 0.390 e. The Morgan fingerprint density at radius 1 is 1.28 bits per heavy atom. The largest absolute Gasteiger partial charge is 0.615 e. The third kappa shape index (κ3) is 6.97. The Hall–Kier alpha value is -1.65. The Kier molecular flexibility index (Phi) is 6.85. The number of aromatic nitrogens is 2. The summed E-state index contributed by atoms with van der Waals surface area (Å²) in [5.41, 5.74) is 0.846. The molecule has 0 aliphatic carbocycles. The number of ether oxygens (including phenoxy) is 1. The van der Waals surface area contributed by atoms with Crippen LogP contribution in [-0.2, 0) is 21.0 Å². The summed E-state index contributed by atoms with van der Waals surface area (Å²) in [7, 11) is -3.06. The van der Waals surface area contributed by atoms with E-state index in [1.54, 1.807) is 10.9 Å². The molecule has 1 saturated heterocycles. The van der Waals surface area contributed by atoms with Crippen molar-refractivity contribution < 1.29 is 26.7 Å². The number of rotatable bonds is 8. The second-order valence-electron chi connectivity index (χ2n) is 7.68. The number of hydrogen-bond donors (Lipinski definition) is 0. The Balaban J connectivity index is 1.47. The second-order valence-corrected chi connectivity index (χ2v) is 9.94. The number of piperidine rings is 1. The van der Waals surface area contributed by atoms with Gasteiger partial charge in [0.2, 0.25) is 0 Å². The van der Waals surface area contributed by atoms with Gasteiger partial charge in [0.15, 0.2) is 0 Å². The third-order valence-corrected chi connectivity index (χ3v) is 6.12. The molecule has 0 amide bonds. The summed E-state index contributed by atoms with van der Waals surface area (Å²) >= 11 is 0. The Bertz CT molecular complexity index is 857. The zero-order valence-electron chi connectivity index (χ0n) is 16.4. The molecule has 2 heterocycles. The predicted molar refractivity (Wildman–Crippen MR) is 105 cm³/mol. The first-order chi connectivity index (χ1) is 13.6. The van der Waals surface area contributed by atoms with Crippen LogP contribution in [0, 0.1) is 5.92 Å². The summed E-state index contributed by atoms with van der Waals surface area (Å²) in [4.78, 5) is 1.86. The number of hydrogen-bond acceptors (Lipinski definition) is 5. The molecule has 162 valence electrons. The van der Waals surface area contributed by atoms with Crippen LogP contribution in [-0.4, -0.2) is 63.7 Å². The van der Waals surface area contributed by atoms with E-state index in [4.69, 9.17) is 4.74 Å². The number of likely N-dealkylation sites (tertiary alicyclic amines) is 1. The van der Waals surface area contributed by atoms with Gasteiger partial charge >= 0.3 is 6.18 Å². The van der Waals surface area contributed by atoms with Crippen LogP contribution in [0.25, 0.3) is 10.9 Å². The van der Waals surface area contributed by atoms with E-state index >= 15 is 0 Å². The SMILES string of the molecule is C[S+](=O)([O-])CCn1ncc2cc(OCC3CCN(CCC(F)(F)F)CC3)ccc21. The fourth-order valence-electron chi connectivity index (χ4n) is 3.46. The van der Waals surface area contributed by atoms with Gasteiger partial charge in [0.1, 0.15) is 11.5 Å². The van der Waals surface area contributed by atoms with Crippen molar-refractivity contribution in [1.29, 1.82) is 0 Å². The van der Waals surface area contributed by atoms with Gasteiger partial charge in [-0.2, -0.15) is 18.3 Å². The van der Waals surface area contributed by atoms with Crippen LogP contribution in [0.1, 0.15) is 19.3 Å². The van der Waals surface area contributed by atoms with E-state index in [0.29, 0.717) is 37.9 Å². The monoisotopic (exact) mass is 433 g/mol. The van der Waals surface area contributed by atoms with E-state index < -0.39 is 22.8 Å². The average molecular weight is 433 g/mol. The maximum atomic E-state index is 12.3. The molecule has 0 N–H and O–H groups in total. The molecule has 2 aromatic rings. The first-order valence-corrected chi connectivity index (χ1v) is 11.7. The molecular formula is C19H26F3N3O3S. The highest BCUT2D eigenvalue weighted by atomic mass is 32.3. The van der Waals surface area contributed by atoms with Gasteiger partial charge < -0.3 is 14.2 Å². The highest BCUT2D eigenvalue weighted by Gasteiger charge is 2.29. The molecule has 6 nitrogen and oxygen atoms in total. The Labute approximate surface area is 169 Å². The average Bonchev–Trinajstić information content (AvgIpc) is 3.05. The molecule has 0 saturated carbocycles. The number of aryl methyl sites for hydroxylation is 1. The standard InChI is InChI=1S/C19H26F3N3O3S/c1-29(26,27)11-10-25-18-3-2-17(12-16(18)13-23-25)28-14-15-4-7-24(8-5-15)9-6-19(20,21)22/h2-3,12-13,15H,4-11,14H2,1H3. The fourth-order valence-corrected chi connectivity index (χ4v) is 3.97. The number of benzene rings is 1. The number of sulfone groups is 1. The molecule has 1 unspecified atom stereocenters. The second kappa shape index (κ2) is 9.01. The highest BCUT2D eigenvalue weighted by molar-refractivity contribution is 7.96. The van der Waals surface area contributed by atoms with Crippen molar-refractivity contribution in [3.63, 3.8) is 0 Å². The minimum absolute atomic E-state index is 0.0314. The molecule has 1 atom stereocenters. The van der Waals surface area contributed by atoms with Gasteiger partial charge in [-0.05, 0) is 50.0 Å². The van der Waals surface area contributed by atoms with Crippen LogP contribution in [0.4, 0.5) is 13.2 Å². The molecule has 1 aliphatic rings. The summed E-state index contributed by atoms with van der Waals surface area (Å²) in [5.74, 6) is 1.06. The lowest BCUT2D eigenvalue weighted by atomic mass is 9.97. The van der Waals surface area contributed by atoms with Gasteiger partial charge in [-0.1, -0.05) is 0 Å². The van der Waals surface area contributed by atoms with E-state index in [-0.39, 0.29) is 12.3 Å². The van der Waals surface area contributed by atoms with Gasteiger partial charge in [0.05, 0.1) is 37.5 Å². The molecule has 0 spiro atoms. The van der Waals surface area contributed by atoms with Crippen LogP contribution in [0.5, 0.6) is 5.75 Å². The lowest BCUT2D eigenvalue weighted by Gasteiger charge is -2.32. The molecule has 0 bridgehead atoms. The number of alkyl halides is 3. The van der Waals surface area contributed by atoms with Gasteiger partial charge in [-0.15, -0.1) is 4.21 Å². The van der Waals surface area contributed by atoms with Crippen molar-refractivity contribution in [3.8, 4) is 5.75 Å². The van der Waals surface area contributed by atoms with Crippen LogP contribution < -0.4 is 4.74 Å². The number of fused-ring (bicyclic) bond motifs is 1. The summed E-state index contributed by atoms with van der Waals surface area (Å²) < 4.78 is 67.2. The zero-order valence-corrected chi connectivity index (χ0v) is 17.2. The van der Waals surface area contributed by atoms with E-state index in [2.05, 4.69) is 5.10 Å². The van der Waals surface area contributed by atoms with E-state index in [0.717, 1.165) is 23.7 Å². The molecule has 1 fully saturated rings. The highest BCUT2D eigenvalue weighted by Crippen LogP contribution is 2.25. The fraction of sp³-hybridized carbons (Fsp3) is 0.632. The van der Waals surface area contributed by atoms with Gasteiger partial charge in [-0.3, -0.25) is 4.68 Å². The minimum atomic E-state index is -4.10. The van der Waals surface area contributed by atoms with Crippen molar-refractivity contribution in [2.45, 2.75) is 32.0 Å². The normalized spacial score (nSPS) is 18.8. The van der Waals surface area contributed by atoms with Crippen LogP contribution >= 0.6 is 0 Å². The topological polar surface area (TPSA) is 70.4 Å². The summed E-state index contributed by atoms with van der Waals surface area (Å²) in [6, 6.07) is 5.57. The van der Waals surface area contributed by atoms with Crippen molar-refractivity contribution in [1.82, 2.24) is 14.7 Å². The van der Waals surface area contributed by atoms with Crippen molar-refractivity contribution in [2.24, 2.45) is 5.92 Å². The van der Waals surface area contributed by atoms with Gasteiger partial charge in [-0.25, -0.2) is 0 Å². The van der Waals surface area contributed by atoms with Crippen molar-refractivity contribution in [3.05, 3.63) is 24.4 Å². The summed E-state index contributed by atoms with van der Waals surface area (Å²) in [6.45, 7) is 2.22. The third-order valence-electron chi connectivity index (χ3n) is 5.19. The number of nitrogens with zero attached hydrogens (tertiary/aromatic N) is 3. The number of halogens is 3. The van der Waals surface area contributed by atoms with Crippen molar-refractivity contribution in [2.75, 3.05) is 38.2 Å². The molecule has 1 aliphatic heterocycles. The van der Waals surface area contributed by atoms with Gasteiger partial charge in [0.25, 0.3) is 0 Å². The van der Waals surface area contributed by atoms with E-state index in [9.17, 15) is 21.9 Å².